The first-order valence-electron chi connectivity index (χ1n) is 19.1. The zero-order valence-corrected chi connectivity index (χ0v) is 28.7. The number of Topliss-reactive ketones (excluding diaryl/α,β-unsaturated/α-hetero) is 2. The van der Waals surface area contributed by atoms with Crippen LogP contribution in [0.5, 0.6) is 0 Å². The van der Waals surface area contributed by atoms with Crippen LogP contribution in [0.2, 0.25) is 0 Å². The number of hydrogen-bond donors (Lipinski definition) is 0. The number of ketones is 2. The van der Waals surface area contributed by atoms with Gasteiger partial charge in [0.1, 0.15) is 17.5 Å². The predicted molar refractivity (Wildman–Crippen MR) is 183 cm³/mol. The Morgan fingerprint density at radius 3 is 0.683 bits per heavy atom. The lowest BCUT2D eigenvalue weighted by Gasteiger charge is -2.12. The van der Waals surface area contributed by atoms with E-state index in [1.54, 1.807) is 0 Å². The Kier molecular flexibility index (Phi) is 33.3. The Morgan fingerprint density at radius 2 is 0.488 bits per heavy atom. The van der Waals surface area contributed by atoms with Crippen LogP contribution in [0.25, 0.3) is 0 Å². The van der Waals surface area contributed by atoms with Gasteiger partial charge in [0.05, 0.1) is 0 Å². The minimum Gasteiger partial charge on any atom is -0.299 e. The third-order valence-corrected chi connectivity index (χ3v) is 9.04. The van der Waals surface area contributed by atoms with Gasteiger partial charge in [-0.15, -0.1) is 0 Å². The second-order valence-corrected chi connectivity index (χ2v) is 13.1. The summed E-state index contributed by atoms with van der Waals surface area (Å²) in [5, 5.41) is 0. The van der Waals surface area contributed by atoms with Crippen molar-refractivity contribution in [1.82, 2.24) is 0 Å². The van der Waals surface area contributed by atoms with E-state index in [1.807, 2.05) is 6.92 Å². The fraction of sp³-hybridized carbons (Fsp3) is 0.923. The van der Waals surface area contributed by atoms with Gasteiger partial charge < -0.3 is 0 Å². The minimum atomic E-state index is 0.133. The highest BCUT2D eigenvalue weighted by Gasteiger charge is 2.24. The molecule has 41 heavy (non-hydrogen) atoms. The van der Waals surface area contributed by atoms with Gasteiger partial charge in [0, 0.05) is 12.8 Å². The van der Waals surface area contributed by atoms with Gasteiger partial charge in [0.15, 0.2) is 0 Å². The summed E-state index contributed by atoms with van der Waals surface area (Å²) < 4.78 is 0. The highest BCUT2D eigenvalue weighted by atomic mass is 16.1. The van der Waals surface area contributed by atoms with Gasteiger partial charge in [-0.1, -0.05) is 201 Å². The largest absolute Gasteiger partial charge is 0.299 e. The molecular weight excluding hydrogens is 500 g/mol. The Bertz CT molecular complexity index is 494. The fourth-order valence-corrected chi connectivity index (χ4v) is 6.17. The first kappa shape index (κ1) is 40.3. The molecule has 0 amide bonds. The summed E-state index contributed by atoms with van der Waals surface area (Å²) >= 11 is 0. The molecule has 2 heteroatoms. The molecular formula is C39H75O2. The summed E-state index contributed by atoms with van der Waals surface area (Å²) in [6.45, 7) is 6.54. The van der Waals surface area contributed by atoms with Gasteiger partial charge in [-0.2, -0.15) is 0 Å². The summed E-state index contributed by atoms with van der Waals surface area (Å²) in [7, 11) is 0. The lowest BCUT2D eigenvalue weighted by Crippen LogP contribution is -2.21. The summed E-state index contributed by atoms with van der Waals surface area (Å²) in [6.07, 6.45) is 41.8. The molecule has 0 atom stereocenters. The Hall–Kier alpha value is -0.660. The molecule has 243 valence electrons. The smallest absolute Gasteiger partial charge is 0.147 e. The summed E-state index contributed by atoms with van der Waals surface area (Å²) in [4.78, 5) is 25.3. The van der Waals surface area contributed by atoms with E-state index in [9.17, 15) is 9.59 Å². The molecule has 0 fully saturated rings. The average molecular weight is 576 g/mol. The van der Waals surface area contributed by atoms with Crippen LogP contribution in [0, 0.1) is 5.92 Å². The van der Waals surface area contributed by atoms with Crippen LogP contribution in [0.15, 0.2) is 0 Å². The zero-order valence-electron chi connectivity index (χ0n) is 28.7. The third-order valence-electron chi connectivity index (χ3n) is 9.04. The molecule has 0 saturated heterocycles. The Balaban J connectivity index is 3.53. The first-order valence-corrected chi connectivity index (χ1v) is 19.1. The van der Waals surface area contributed by atoms with Gasteiger partial charge in [-0.3, -0.25) is 9.59 Å². The van der Waals surface area contributed by atoms with Crippen LogP contribution < -0.4 is 0 Å². The van der Waals surface area contributed by atoms with Crippen molar-refractivity contribution in [2.45, 2.75) is 233 Å². The van der Waals surface area contributed by atoms with Crippen LogP contribution >= 0.6 is 0 Å². The molecule has 0 N–H and O–H groups in total. The molecule has 0 unspecified atom stereocenters. The molecule has 0 rings (SSSR count). The van der Waals surface area contributed by atoms with E-state index in [2.05, 4.69) is 13.8 Å². The van der Waals surface area contributed by atoms with Crippen LogP contribution in [-0.4, -0.2) is 11.6 Å². The highest BCUT2D eigenvalue weighted by Crippen LogP contribution is 2.20. The topological polar surface area (TPSA) is 34.1 Å². The van der Waals surface area contributed by atoms with E-state index in [0.29, 0.717) is 25.2 Å². The average Bonchev–Trinajstić information content (AvgIpc) is 2.97. The number of hydrogen-bond acceptors (Lipinski definition) is 2. The van der Waals surface area contributed by atoms with Crippen LogP contribution in [0.3, 0.4) is 0 Å². The molecule has 0 aromatic heterocycles. The van der Waals surface area contributed by atoms with Crippen molar-refractivity contribution in [1.29, 1.82) is 0 Å². The van der Waals surface area contributed by atoms with E-state index in [4.69, 9.17) is 0 Å². The molecule has 0 bridgehead atoms. The zero-order chi connectivity index (χ0) is 30.1. The number of carbonyl (C=O) groups is 2. The van der Waals surface area contributed by atoms with Crippen molar-refractivity contribution in [2.75, 3.05) is 0 Å². The molecule has 0 aliphatic heterocycles. The monoisotopic (exact) mass is 576 g/mol. The lowest BCUT2D eigenvalue weighted by atomic mass is 9.89. The molecule has 0 spiro atoms. The van der Waals surface area contributed by atoms with Crippen molar-refractivity contribution in [3.8, 4) is 0 Å². The van der Waals surface area contributed by atoms with Crippen LogP contribution in [0.4, 0.5) is 0 Å². The molecule has 0 heterocycles. The van der Waals surface area contributed by atoms with Gasteiger partial charge in [0.25, 0.3) is 0 Å². The number of rotatable bonds is 35. The Morgan fingerprint density at radius 1 is 0.293 bits per heavy atom. The van der Waals surface area contributed by atoms with Gasteiger partial charge in [-0.25, -0.2) is 0 Å². The minimum absolute atomic E-state index is 0.133. The molecule has 1 radical (unpaired) electrons. The fourth-order valence-electron chi connectivity index (χ4n) is 6.17. The van der Waals surface area contributed by atoms with E-state index < -0.39 is 0 Å². The highest BCUT2D eigenvalue weighted by molar-refractivity contribution is 6.16. The lowest BCUT2D eigenvalue weighted by molar-refractivity contribution is -0.124. The molecule has 2 nitrogen and oxygen atoms in total. The second-order valence-electron chi connectivity index (χ2n) is 13.1. The third kappa shape index (κ3) is 29.2. The molecule has 0 aromatic carbocycles. The summed E-state index contributed by atoms with van der Waals surface area (Å²) in [6, 6.07) is 0. The van der Waals surface area contributed by atoms with E-state index in [0.717, 1.165) is 25.7 Å². The quantitative estimate of drug-likeness (QED) is 0.0556. The maximum Gasteiger partial charge on any atom is 0.147 e. The van der Waals surface area contributed by atoms with E-state index in [1.165, 1.54) is 167 Å². The standard InChI is InChI=1S/C39H75O2/c1-4-7-9-11-13-15-17-19-21-23-25-27-29-31-33-35-38(40)37(6-3)39(41)36-34-32-30-28-26-24-22-20-18-16-14-12-10-8-5-2/h4-36H2,1-3H3. The summed E-state index contributed by atoms with van der Waals surface area (Å²) in [5.41, 5.74) is 0. The molecule has 0 aliphatic carbocycles. The number of unbranched alkanes of at least 4 members (excludes halogenated alkanes) is 28. The van der Waals surface area contributed by atoms with E-state index in [-0.39, 0.29) is 11.6 Å². The number of carbonyl (C=O) groups excluding carboxylic acids is 2. The van der Waals surface area contributed by atoms with Crippen LogP contribution in [-0.2, 0) is 9.59 Å². The maximum absolute atomic E-state index is 12.7. The predicted octanol–water partition coefficient (Wildman–Crippen LogP) is 13.6. The normalized spacial score (nSPS) is 11.5. The van der Waals surface area contributed by atoms with Gasteiger partial charge >= 0.3 is 0 Å². The van der Waals surface area contributed by atoms with Crippen molar-refractivity contribution < 1.29 is 9.59 Å². The van der Waals surface area contributed by atoms with Crippen LogP contribution in [0.1, 0.15) is 233 Å². The van der Waals surface area contributed by atoms with Crippen molar-refractivity contribution in [3.05, 3.63) is 5.92 Å². The van der Waals surface area contributed by atoms with Crippen molar-refractivity contribution in [2.24, 2.45) is 0 Å². The maximum atomic E-state index is 12.7. The molecule has 0 aromatic rings. The van der Waals surface area contributed by atoms with Gasteiger partial charge in [-0.05, 0) is 19.3 Å². The van der Waals surface area contributed by atoms with Gasteiger partial charge in [0.2, 0.25) is 0 Å². The Labute approximate surface area is 259 Å². The van der Waals surface area contributed by atoms with Crippen molar-refractivity contribution in [3.63, 3.8) is 0 Å². The van der Waals surface area contributed by atoms with Crippen molar-refractivity contribution >= 4 is 11.6 Å². The molecule has 0 saturated carbocycles. The van der Waals surface area contributed by atoms with E-state index >= 15 is 0 Å². The molecule has 0 aliphatic rings. The first-order chi connectivity index (χ1) is 20.2. The summed E-state index contributed by atoms with van der Waals surface area (Å²) in [5.74, 6) is 0.863. The SMILES string of the molecule is CCCCCCCCCCCCCCCCCC(=O)[C](CC)C(=O)CCCCCCCCCCCCCCCCC. The second kappa shape index (κ2) is 33.8.